The molecule has 0 aliphatic carbocycles. The van der Waals surface area contributed by atoms with Crippen molar-refractivity contribution in [2.24, 2.45) is 0 Å². The maximum atomic E-state index is 13.0. The van der Waals surface area contributed by atoms with E-state index in [0.717, 1.165) is 25.3 Å². The quantitative estimate of drug-likeness (QED) is 0.836. The minimum atomic E-state index is -4.51. The minimum absolute atomic E-state index is 0.252. The highest BCUT2D eigenvalue weighted by Gasteiger charge is 2.36. The van der Waals surface area contributed by atoms with Crippen molar-refractivity contribution in [3.05, 3.63) is 35.4 Å². The molecule has 0 N–H and O–H groups in total. The van der Waals surface area contributed by atoms with Gasteiger partial charge in [-0.25, -0.2) is 0 Å². The number of amides is 1. The molecule has 2 rings (SSSR count). The number of hydrogen-bond donors (Lipinski definition) is 0. The van der Waals surface area contributed by atoms with Crippen molar-refractivity contribution in [1.29, 1.82) is 0 Å². The molecule has 0 saturated carbocycles. The first-order chi connectivity index (χ1) is 10.3. The molecule has 1 aliphatic rings. The van der Waals surface area contributed by atoms with E-state index in [-0.39, 0.29) is 5.56 Å². The fourth-order valence-corrected chi connectivity index (χ4v) is 2.89. The molecule has 122 valence electrons. The molecule has 1 aromatic rings. The lowest BCUT2D eigenvalue weighted by Crippen LogP contribution is -2.34. The predicted octanol–water partition coefficient (Wildman–Crippen LogP) is 3.26. The van der Waals surface area contributed by atoms with Crippen LogP contribution in [0.1, 0.15) is 35.2 Å². The van der Waals surface area contributed by atoms with Crippen LogP contribution < -0.4 is 0 Å². The Hall–Kier alpha value is -1.56. The second-order valence-electron chi connectivity index (χ2n) is 5.88. The van der Waals surface area contributed by atoms with E-state index in [1.165, 1.54) is 18.2 Å². The Kier molecular flexibility index (Phi) is 5.11. The summed E-state index contributed by atoms with van der Waals surface area (Å²) in [6.07, 6.45) is -1.96. The molecule has 0 unspecified atom stereocenters. The first-order valence-electron chi connectivity index (χ1n) is 7.42. The maximum absolute atomic E-state index is 13.0. The van der Waals surface area contributed by atoms with Crippen molar-refractivity contribution in [3.63, 3.8) is 0 Å². The highest BCUT2D eigenvalue weighted by atomic mass is 19.4. The van der Waals surface area contributed by atoms with Crippen molar-refractivity contribution in [2.75, 3.05) is 27.2 Å². The Morgan fingerprint density at radius 2 is 1.86 bits per heavy atom. The van der Waals surface area contributed by atoms with Gasteiger partial charge >= 0.3 is 6.18 Å². The van der Waals surface area contributed by atoms with Crippen LogP contribution in [-0.2, 0) is 6.18 Å². The van der Waals surface area contributed by atoms with Crippen LogP contribution in [0.5, 0.6) is 0 Å². The number of benzene rings is 1. The predicted molar refractivity (Wildman–Crippen MR) is 78.7 cm³/mol. The molecule has 22 heavy (non-hydrogen) atoms. The molecule has 1 amide bonds. The molecular formula is C16H21F3N2O. The molecular weight excluding hydrogens is 293 g/mol. The Bertz CT molecular complexity index is 528. The average Bonchev–Trinajstić information content (AvgIpc) is 2.71. The first-order valence-corrected chi connectivity index (χ1v) is 7.42. The monoisotopic (exact) mass is 314 g/mol. The van der Waals surface area contributed by atoms with Crippen LogP contribution in [0, 0.1) is 0 Å². The molecule has 1 heterocycles. The van der Waals surface area contributed by atoms with Gasteiger partial charge in [0.1, 0.15) is 0 Å². The zero-order valence-electron chi connectivity index (χ0n) is 12.9. The Labute approximate surface area is 128 Å². The van der Waals surface area contributed by atoms with Gasteiger partial charge in [-0.05, 0) is 45.5 Å². The topological polar surface area (TPSA) is 23.6 Å². The van der Waals surface area contributed by atoms with E-state index in [1.54, 1.807) is 4.90 Å². The molecule has 1 fully saturated rings. The van der Waals surface area contributed by atoms with Crippen LogP contribution in [0.25, 0.3) is 0 Å². The van der Waals surface area contributed by atoms with E-state index in [4.69, 9.17) is 0 Å². The Balaban J connectivity index is 2.19. The van der Waals surface area contributed by atoms with Gasteiger partial charge in [-0.2, -0.15) is 13.2 Å². The third kappa shape index (κ3) is 3.80. The summed E-state index contributed by atoms with van der Waals surface area (Å²) in [5.74, 6) is -0.521. The summed E-state index contributed by atoms with van der Waals surface area (Å²) < 4.78 is 39.1. The molecule has 0 spiro atoms. The van der Waals surface area contributed by atoms with Crippen molar-refractivity contribution in [1.82, 2.24) is 9.80 Å². The van der Waals surface area contributed by atoms with Crippen molar-refractivity contribution < 1.29 is 18.0 Å². The lowest BCUT2D eigenvalue weighted by atomic mass is 10.1. The number of carbonyl (C=O) groups is 1. The van der Waals surface area contributed by atoms with Gasteiger partial charge in [-0.1, -0.05) is 12.1 Å². The van der Waals surface area contributed by atoms with E-state index in [9.17, 15) is 18.0 Å². The fraction of sp³-hybridized carbons (Fsp3) is 0.562. The number of hydrogen-bond acceptors (Lipinski definition) is 2. The summed E-state index contributed by atoms with van der Waals surface area (Å²) in [5.41, 5.74) is -1.10. The van der Waals surface area contributed by atoms with Gasteiger partial charge in [0.05, 0.1) is 11.1 Å². The molecule has 0 aromatic heterocycles. The van der Waals surface area contributed by atoms with E-state index >= 15 is 0 Å². The van der Waals surface area contributed by atoms with Gasteiger partial charge in [-0.3, -0.25) is 4.79 Å². The molecule has 6 heteroatoms. The zero-order valence-corrected chi connectivity index (χ0v) is 12.9. The fourth-order valence-electron chi connectivity index (χ4n) is 2.89. The van der Waals surface area contributed by atoms with Crippen LogP contribution in [0.2, 0.25) is 0 Å². The van der Waals surface area contributed by atoms with E-state index in [1.807, 2.05) is 14.1 Å². The number of likely N-dealkylation sites (tertiary alicyclic amines) is 1. The normalized spacial score (nSPS) is 20.1. The third-order valence-electron chi connectivity index (χ3n) is 4.18. The molecule has 0 bridgehead atoms. The first kappa shape index (κ1) is 16.8. The highest BCUT2D eigenvalue weighted by molar-refractivity contribution is 5.96. The lowest BCUT2D eigenvalue weighted by Gasteiger charge is -2.24. The van der Waals surface area contributed by atoms with Gasteiger partial charge < -0.3 is 9.80 Å². The molecule has 3 nitrogen and oxygen atoms in total. The van der Waals surface area contributed by atoms with Crippen LogP contribution in [0.15, 0.2) is 24.3 Å². The lowest BCUT2D eigenvalue weighted by molar-refractivity contribution is -0.138. The second-order valence-corrected chi connectivity index (χ2v) is 5.88. The molecule has 1 saturated heterocycles. The van der Waals surface area contributed by atoms with Gasteiger partial charge in [0, 0.05) is 19.1 Å². The summed E-state index contributed by atoms with van der Waals surface area (Å²) >= 11 is 0. The third-order valence-corrected chi connectivity index (χ3v) is 4.18. The van der Waals surface area contributed by atoms with Crippen molar-refractivity contribution in [3.8, 4) is 0 Å². The number of nitrogens with zero attached hydrogens (tertiary/aromatic N) is 2. The number of alkyl halides is 3. The van der Waals surface area contributed by atoms with E-state index in [0.29, 0.717) is 19.1 Å². The molecule has 1 aromatic carbocycles. The van der Waals surface area contributed by atoms with Crippen molar-refractivity contribution >= 4 is 5.91 Å². The van der Waals surface area contributed by atoms with Gasteiger partial charge in [0.15, 0.2) is 0 Å². The molecule has 0 radical (unpaired) electrons. The SMILES string of the molecule is CN(C)[C@H]1CCCN(C(=O)c2ccccc2C(F)(F)F)CC1. The highest BCUT2D eigenvalue weighted by Crippen LogP contribution is 2.32. The van der Waals surface area contributed by atoms with Gasteiger partial charge in [-0.15, -0.1) is 0 Å². The second kappa shape index (κ2) is 6.69. The van der Waals surface area contributed by atoms with Crippen LogP contribution in [0.4, 0.5) is 13.2 Å². The Morgan fingerprint density at radius 3 is 2.50 bits per heavy atom. The summed E-state index contributed by atoms with van der Waals surface area (Å²) in [6.45, 7) is 1.00. The standard InChI is InChI=1S/C16H21F3N2O/c1-20(2)12-6-5-10-21(11-9-12)15(22)13-7-3-4-8-14(13)16(17,18)19/h3-4,7-8,12H,5-6,9-11H2,1-2H3/t12-/m0/s1. The summed E-state index contributed by atoms with van der Waals surface area (Å²) in [6, 6.07) is 5.39. The number of rotatable bonds is 2. The van der Waals surface area contributed by atoms with Crippen LogP contribution >= 0.6 is 0 Å². The Morgan fingerprint density at radius 1 is 1.18 bits per heavy atom. The molecule has 1 aliphatic heterocycles. The van der Waals surface area contributed by atoms with E-state index in [2.05, 4.69) is 4.90 Å². The zero-order chi connectivity index (χ0) is 16.3. The van der Waals surface area contributed by atoms with E-state index < -0.39 is 17.6 Å². The maximum Gasteiger partial charge on any atom is 0.417 e. The largest absolute Gasteiger partial charge is 0.417 e. The average molecular weight is 314 g/mol. The van der Waals surface area contributed by atoms with Gasteiger partial charge in [0.2, 0.25) is 0 Å². The molecule has 1 atom stereocenters. The summed E-state index contributed by atoms with van der Waals surface area (Å²) in [5, 5.41) is 0. The smallest absolute Gasteiger partial charge is 0.339 e. The number of halogens is 3. The minimum Gasteiger partial charge on any atom is -0.339 e. The van der Waals surface area contributed by atoms with Crippen LogP contribution in [0.3, 0.4) is 0 Å². The van der Waals surface area contributed by atoms with Crippen molar-refractivity contribution in [2.45, 2.75) is 31.5 Å². The number of carbonyl (C=O) groups excluding carboxylic acids is 1. The summed E-state index contributed by atoms with van der Waals surface area (Å²) in [4.78, 5) is 16.2. The van der Waals surface area contributed by atoms with Gasteiger partial charge in [0.25, 0.3) is 5.91 Å². The van der Waals surface area contributed by atoms with Crippen LogP contribution in [-0.4, -0.2) is 48.9 Å². The summed E-state index contributed by atoms with van der Waals surface area (Å²) in [7, 11) is 3.97.